The minimum Gasteiger partial charge on any atom is -0.302 e. The second-order valence-electron chi connectivity index (χ2n) is 4.54. The van der Waals surface area contributed by atoms with E-state index in [4.69, 9.17) is 0 Å². The van der Waals surface area contributed by atoms with E-state index in [0.29, 0.717) is 12.1 Å². The van der Waals surface area contributed by atoms with Crippen molar-refractivity contribution in [2.75, 3.05) is 0 Å². The van der Waals surface area contributed by atoms with Gasteiger partial charge in [0.1, 0.15) is 0 Å². The second-order valence-corrected chi connectivity index (χ2v) is 5.08. The molecule has 104 valence electrons. The quantitative estimate of drug-likeness (QED) is 0.475. The van der Waals surface area contributed by atoms with E-state index in [1.165, 1.54) is 0 Å². The molecule has 1 amide bonds. The number of amides is 1. The first-order valence-electron chi connectivity index (χ1n) is 6.27. The lowest BCUT2D eigenvalue weighted by Gasteiger charge is -2.13. The van der Waals surface area contributed by atoms with Gasteiger partial charge in [-0.2, -0.15) is 0 Å². The standard InChI is InChI=1S/C15H15IN2O2/c1-10(15(20)18-16)17-8-11-6-7-12(9-19)14-5-3-2-4-13(11)14/h2-7,9-10,17H,8H2,1H3,(H,18,20). The Balaban J connectivity index is 2.27. The van der Waals surface area contributed by atoms with Crippen molar-refractivity contribution in [2.45, 2.75) is 19.5 Å². The summed E-state index contributed by atoms with van der Waals surface area (Å²) in [5, 5.41) is 5.15. The SMILES string of the molecule is CC(NCc1ccc(C=O)c2ccccc12)C(=O)NI. The highest BCUT2D eigenvalue weighted by Gasteiger charge is 2.11. The predicted octanol–water partition coefficient (Wildman–Crippen LogP) is 2.60. The summed E-state index contributed by atoms with van der Waals surface area (Å²) >= 11 is 1.83. The minimum atomic E-state index is -0.267. The van der Waals surface area contributed by atoms with Crippen molar-refractivity contribution < 1.29 is 9.59 Å². The zero-order chi connectivity index (χ0) is 14.5. The molecule has 0 aliphatic carbocycles. The molecule has 0 heterocycles. The Morgan fingerprint density at radius 2 is 1.95 bits per heavy atom. The summed E-state index contributed by atoms with van der Waals surface area (Å²) in [5.74, 6) is -0.0561. The molecule has 2 N–H and O–H groups in total. The normalized spacial score (nSPS) is 12.1. The molecule has 20 heavy (non-hydrogen) atoms. The number of halogens is 1. The van der Waals surface area contributed by atoms with Crippen molar-refractivity contribution in [2.24, 2.45) is 0 Å². The van der Waals surface area contributed by atoms with Crippen LogP contribution in [0.1, 0.15) is 22.8 Å². The van der Waals surface area contributed by atoms with E-state index in [-0.39, 0.29) is 11.9 Å². The molecule has 0 fully saturated rings. The molecule has 0 aliphatic heterocycles. The molecular weight excluding hydrogens is 367 g/mol. The summed E-state index contributed by atoms with van der Waals surface area (Å²) in [6, 6.07) is 11.3. The van der Waals surface area contributed by atoms with E-state index in [1.807, 2.05) is 66.2 Å². The van der Waals surface area contributed by atoms with E-state index in [0.717, 1.165) is 22.6 Å². The Morgan fingerprint density at radius 1 is 1.25 bits per heavy atom. The molecule has 0 spiro atoms. The third-order valence-electron chi connectivity index (χ3n) is 3.26. The molecule has 1 atom stereocenters. The fraction of sp³-hybridized carbons (Fsp3) is 0.200. The first-order valence-corrected chi connectivity index (χ1v) is 7.35. The van der Waals surface area contributed by atoms with Gasteiger partial charge in [0.25, 0.3) is 0 Å². The van der Waals surface area contributed by atoms with Crippen LogP contribution in [0.15, 0.2) is 36.4 Å². The van der Waals surface area contributed by atoms with Gasteiger partial charge in [-0.15, -0.1) is 0 Å². The summed E-state index contributed by atoms with van der Waals surface area (Å²) in [5.41, 5.74) is 1.75. The summed E-state index contributed by atoms with van der Waals surface area (Å²) in [7, 11) is 0. The highest BCUT2D eigenvalue weighted by molar-refractivity contribution is 14.1. The number of benzene rings is 2. The number of hydrogen-bond donors (Lipinski definition) is 2. The maximum atomic E-state index is 11.5. The van der Waals surface area contributed by atoms with Crippen molar-refractivity contribution in [3.63, 3.8) is 0 Å². The van der Waals surface area contributed by atoms with Crippen LogP contribution in [0.25, 0.3) is 10.8 Å². The Morgan fingerprint density at radius 3 is 2.60 bits per heavy atom. The third-order valence-corrected chi connectivity index (χ3v) is 3.79. The van der Waals surface area contributed by atoms with Crippen molar-refractivity contribution in [1.82, 2.24) is 8.85 Å². The number of hydrogen-bond acceptors (Lipinski definition) is 3. The van der Waals surface area contributed by atoms with Crippen molar-refractivity contribution in [3.8, 4) is 0 Å². The Hall–Kier alpha value is -1.47. The molecule has 4 nitrogen and oxygen atoms in total. The van der Waals surface area contributed by atoms with Crippen LogP contribution in [0.3, 0.4) is 0 Å². The first kappa shape index (κ1) is 14.9. The monoisotopic (exact) mass is 382 g/mol. The number of carbonyl (C=O) groups is 2. The van der Waals surface area contributed by atoms with Gasteiger partial charge < -0.3 is 5.32 Å². The molecule has 0 bridgehead atoms. The van der Waals surface area contributed by atoms with Crippen LogP contribution in [0.4, 0.5) is 0 Å². The Kier molecular flexibility index (Phi) is 5.08. The van der Waals surface area contributed by atoms with Crippen LogP contribution >= 0.6 is 22.9 Å². The van der Waals surface area contributed by atoms with Crippen molar-refractivity contribution >= 4 is 45.8 Å². The molecule has 0 saturated heterocycles. The summed E-state index contributed by atoms with van der Waals surface area (Å²) < 4.78 is 2.58. The molecule has 2 aromatic carbocycles. The first-order chi connectivity index (χ1) is 9.67. The molecule has 0 radical (unpaired) electrons. The number of aldehydes is 1. The smallest absolute Gasteiger partial charge is 0.245 e. The molecule has 0 aliphatic rings. The lowest BCUT2D eigenvalue weighted by molar-refractivity contribution is -0.120. The largest absolute Gasteiger partial charge is 0.302 e. The lowest BCUT2D eigenvalue weighted by Crippen LogP contribution is -2.38. The predicted molar refractivity (Wildman–Crippen MR) is 87.8 cm³/mol. The second kappa shape index (κ2) is 6.81. The van der Waals surface area contributed by atoms with E-state index in [2.05, 4.69) is 8.85 Å². The van der Waals surface area contributed by atoms with Gasteiger partial charge >= 0.3 is 0 Å². The fourth-order valence-electron chi connectivity index (χ4n) is 2.08. The molecule has 2 aromatic rings. The van der Waals surface area contributed by atoms with Gasteiger partial charge in [0.15, 0.2) is 6.29 Å². The summed E-state index contributed by atoms with van der Waals surface area (Å²) in [6.07, 6.45) is 0.867. The third kappa shape index (κ3) is 3.16. The van der Waals surface area contributed by atoms with Gasteiger partial charge in [-0.3, -0.25) is 13.1 Å². The van der Waals surface area contributed by atoms with Crippen molar-refractivity contribution in [3.05, 3.63) is 47.5 Å². The topological polar surface area (TPSA) is 58.2 Å². The van der Waals surface area contributed by atoms with Crippen LogP contribution in [0, 0.1) is 0 Å². The van der Waals surface area contributed by atoms with E-state index in [1.54, 1.807) is 0 Å². The lowest BCUT2D eigenvalue weighted by atomic mass is 10.00. The highest BCUT2D eigenvalue weighted by Crippen LogP contribution is 2.21. The Bertz CT molecular complexity index is 643. The van der Waals surface area contributed by atoms with E-state index in [9.17, 15) is 9.59 Å². The van der Waals surface area contributed by atoms with E-state index < -0.39 is 0 Å². The zero-order valence-electron chi connectivity index (χ0n) is 11.0. The highest BCUT2D eigenvalue weighted by atomic mass is 127. The molecule has 1 unspecified atom stereocenters. The molecule has 2 rings (SSSR count). The maximum absolute atomic E-state index is 11.5. The maximum Gasteiger partial charge on any atom is 0.245 e. The average molecular weight is 382 g/mol. The van der Waals surface area contributed by atoms with Gasteiger partial charge in [-0.1, -0.05) is 36.4 Å². The van der Waals surface area contributed by atoms with Gasteiger partial charge in [-0.25, -0.2) is 0 Å². The fourth-order valence-corrected chi connectivity index (χ4v) is 2.55. The van der Waals surface area contributed by atoms with E-state index >= 15 is 0 Å². The van der Waals surface area contributed by atoms with Gasteiger partial charge in [0.2, 0.25) is 5.91 Å². The number of rotatable bonds is 5. The van der Waals surface area contributed by atoms with Gasteiger partial charge in [-0.05, 0) is 23.3 Å². The summed E-state index contributed by atoms with van der Waals surface area (Å²) in [6.45, 7) is 2.39. The van der Waals surface area contributed by atoms with Gasteiger partial charge in [0.05, 0.1) is 28.9 Å². The molecule has 0 aromatic heterocycles. The number of carbonyl (C=O) groups excluding carboxylic acids is 2. The zero-order valence-corrected chi connectivity index (χ0v) is 13.2. The van der Waals surface area contributed by atoms with Crippen molar-refractivity contribution in [1.29, 1.82) is 0 Å². The van der Waals surface area contributed by atoms with Crippen LogP contribution in [0.2, 0.25) is 0 Å². The number of nitrogens with one attached hydrogen (secondary N) is 2. The molecule has 0 saturated carbocycles. The van der Waals surface area contributed by atoms with Crippen LogP contribution in [-0.2, 0) is 11.3 Å². The van der Waals surface area contributed by atoms with Crippen LogP contribution in [0.5, 0.6) is 0 Å². The Labute approximate surface area is 131 Å². The van der Waals surface area contributed by atoms with Crippen LogP contribution in [-0.4, -0.2) is 18.2 Å². The molecular formula is C15H15IN2O2. The van der Waals surface area contributed by atoms with Gasteiger partial charge in [0, 0.05) is 12.1 Å². The molecule has 5 heteroatoms. The number of fused-ring (bicyclic) bond motifs is 1. The average Bonchev–Trinajstić information content (AvgIpc) is 2.51. The minimum absolute atomic E-state index is 0.0561. The van der Waals surface area contributed by atoms with Crippen LogP contribution < -0.4 is 8.85 Å². The summed E-state index contributed by atoms with van der Waals surface area (Å²) in [4.78, 5) is 22.5.